The molecule has 0 aromatic carbocycles. The van der Waals surface area contributed by atoms with Gasteiger partial charge < -0.3 is 14.7 Å². The van der Waals surface area contributed by atoms with Crippen LogP contribution in [0.5, 0.6) is 0 Å². The Labute approximate surface area is 94.1 Å². The van der Waals surface area contributed by atoms with Crippen molar-refractivity contribution >= 4 is 13.7 Å². The lowest BCUT2D eigenvalue weighted by atomic mass is 10.1. The predicted molar refractivity (Wildman–Crippen MR) is 57.6 cm³/mol. The van der Waals surface area contributed by atoms with Gasteiger partial charge in [0.25, 0.3) is 0 Å². The van der Waals surface area contributed by atoms with Crippen LogP contribution in [0.4, 0.5) is 0 Å². The van der Waals surface area contributed by atoms with E-state index >= 15 is 0 Å². The Hall–Kier alpha value is -0.680. The van der Waals surface area contributed by atoms with Crippen LogP contribution in [-0.2, 0) is 13.9 Å². The average Bonchev–Trinajstić information content (AvgIpc) is 2.24. The van der Waals surface area contributed by atoms with Crippen molar-refractivity contribution in [3.05, 3.63) is 12.2 Å². The van der Waals surface area contributed by atoms with Gasteiger partial charge in [-0.25, -0.2) is 4.57 Å². The molecule has 0 atom stereocenters. The van der Waals surface area contributed by atoms with Gasteiger partial charge in [-0.05, 0) is 19.3 Å². The van der Waals surface area contributed by atoms with E-state index in [1.165, 1.54) is 12.2 Å². The molecule has 0 aliphatic carbocycles. The van der Waals surface area contributed by atoms with Gasteiger partial charge in [0.2, 0.25) is 5.91 Å². The largest absolute Gasteiger partial charge is 0.469 e. The summed E-state index contributed by atoms with van der Waals surface area (Å²) in [7, 11) is -4.43. The first-order valence-electron chi connectivity index (χ1n) is 5.14. The van der Waals surface area contributed by atoms with E-state index in [-0.39, 0.29) is 12.5 Å². The highest BCUT2D eigenvalue weighted by molar-refractivity contribution is 7.46. The maximum absolute atomic E-state index is 11.5. The van der Waals surface area contributed by atoms with Crippen molar-refractivity contribution in [3.63, 3.8) is 0 Å². The van der Waals surface area contributed by atoms with Crippen LogP contribution in [0.25, 0.3) is 0 Å². The topological polar surface area (TPSA) is 87.1 Å². The third kappa shape index (κ3) is 5.42. The maximum Gasteiger partial charge on any atom is 0.469 e. The zero-order valence-electron chi connectivity index (χ0n) is 8.91. The first kappa shape index (κ1) is 13.4. The number of nitrogens with zero attached hydrogens (tertiary/aromatic N) is 1. The molecule has 0 unspecified atom stereocenters. The molecule has 0 bridgehead atoms. The number of amides is 1. The number of likely N-dealkylation sites (tertiary alicyclic amines) is 1. The quantitative estimate of drug-likeness (QED) is 0.564. The molecule has 6 nitrogen and oxygen atoms in total. The third-order valence-corrected chi connectivity index (χ3v) is 2.75. The van der Waals surface area contributed by atoms with E-state index < -0.39 is 7.82 Å². The van der Waals surface area contributed by atoms with E-state index in [9.17, 15) is 9.36 Å². The molecule has 0 aromatic rings. The number of phosphoric acid groups is 1. The van der Waals surface area contributed by atoms with Gasteiger partial charge in [0.15, 0.2) is 0 Å². The van der Waals surface area contributed by atoms with Crippen LogP contribution in [0.1, 0.15) is 19.3 Å². The van der Waals surface area contributed by atoms with E-state index in [1.807, 2.05) is 0 Å². The number of carbonyl (C=O) groups excluding carboxylic acids is 1. The molecule has 0 radical (unpaired) electrons. The van der Waals surface area contributed by atoms with Crippen LogP contribution in [0.2, 0.25) is 0 Å². The zero-order valence-corrected chi connectivity index (χ0v) is 9.81. The normalized spacial score (nSPS) is 18.0. The van der Waals surface area contributed by atoms with Gasteiger partial charge in [0.1, 0.15) is 0 Å². The Bertz CT molecular complexity index is 305. The number of hydrogen-bond acceptors (Lipinski definition) is 3. The highest BCUT2D eigenvalue weighted by Gasteiger charge is 2.14. The minimum absolute atomic E-state index is 0.131. The van der Waals surface area contributed by atoms with Gasteiger partial charge in [-0.15, -0.1) is 0 Å². The van der Waals surface area contributed by atoms with Crippen molar-refractivity contribution in [2.45, 2.75) is 19.3 Å². The highest BCUT2D eigenvalue weighted by atomic mass is 31.2. The predicted octanol–water partition coefficient (Wildman–Crippen LogP) is 0.664. The maximum atomic E-state index is 11.5. The Morgan fingerprint density at radius 3 is 2.50 bits per heavy atom. The van der Waals surface area contributed by atoms with E-state index in [0.29, 0.717) is 0 Å². The molecule has 1 rings (SSSR count). The molecule has 1 heterocycles. The Balaban J connectivity index is 2.27. The van der Waals surface area contributed by atoms with Crippen molar-refractivity contribution in [2.24, 2.45) is 0 Å². The van der Waals surface area contributed by atoms with Gasteiger partial charge in [-0.2, -0.15) is 0 Å². The first-order chi connectivity index (χ1) is 7.49. The lowest BCUT2D eigenvalue weighted by Gasteiger charge is -2.25. The summed E-state index contributed by atoms with van der Waals surface area (Å²) in [6, 6.07) is 0. The standard InChI is InChI=1S/C9H16NO5P/c11-9(10-6-2-1-3-7-10)5-4-8-15-16(12,13)14/h4-5H,1-3,6-8H2,(H2,12,13,14). The summed E-state index contributed by atoms with van der Waals surface area (Å²) >= 11 is 0. The van der Waals surface area contributed by atoms with Gasteiger partial charge in [0.05, 0.1) is 6.61 Å². The smallest absolute Gasteiger partial charge is 0.339 e. The SMILES string of the molecule is O=C(C=CCOP(=O)(O)O)N1CCCCC1. The van der Waals surface area contributed by atoms with E-state index in [0.717, 1.165) is 32.4 Å². The molecule has 1 saturated heterocycles. The summed E-state index contributed by atoms with van der Waals surface area (Å²) in [6.45, 7) is 1.24. The van der Waals surface area contributed by atoms with E-state index in [4.69, 9.17) is 9.79 Å². The van der Waals surface area contributed by atoms with Crippen LogP contribution in [-0.4, -0.2) is 40.3 Å². The fourth-order valence-corrected chi connectivity index (χ4v) is 1.79. The molecule has 0 saturated carbocycles. The van der Waals surface area contributed by atoms with Crippen molar-refractivity contribution in [1.82, 2.24) is 4.90 Å². The van der Waals surface area contributed by atoms with Gasteiger partial charge in [0, 0.05) is 19.2 Å². The summed E-state index contributed by atoms with van der Waals surface area (Å²) in [6.07, 6.45) is 5.78. The molecule has 92 valence electrons. The second-order valence-corrected chi connectivity index (χ2v) is 4.81. The lowest BCUT2D eigenvalue weighted by Crippen LogP contribution is -2.34. The molecule has 1 aliphatic rings. The molecular formula is C9H16NO5P. The van der Waals surface area contributed by atoms with Crippen LogP contribution in [0.3, 0.4) is 0 Å². The zero-order chi connectivity index (χ0) is 12.0. The number of phosphoric ester groups is 1. The summed E-state index contributed by atoms with van der Waals surface area (Å²) in [5.41, 5.74) is 0. The average molecular weight is 249 g/mol. The van der Waals surface area contributed by atoms with Crippen LogP contribution in [0, 0.1) is 0 Å². The van der Waals surface area contributed by atoms with Gasteiger partial charge >= 0.3 is 7.82 Å². The van der Waals surface area contributed by atoms with Crippen LogP contribution in [0.15, 0.2) is 12.2 Å². The molecule has 1 amide bonds. The minimum atomic E-state index is -4.43. The van der Waals surface area contributed by atoms with Crippen molar-refractivity contribution in [1.29, 1.82) is 0 Å². The summed E-state index contributed by atoms with van der Waals surface area (Å²) < 4.78 is 14.5. The van der Waals surface area contributed by atoms with E-state index in [2.05, 4.69) is 4.52 Å². The monoisotopic (exact) mass is 249 g/mol. The van der Waals surface area contributed by atoms with Gasteiger partial charge in [-0.3, -0.25) is 9.32 Å². The third-order valence-electron chi connectivity index (χ3n) is 2.27. The van der Waals surface area contributed by atoms with Crippen LogP contribution >= 0.6 is 7.82 Å². The Morgan fingerprint density at radius 2 is 1.94 bits per heavy atom. The second kappa shape index (κ2) is 6.15. The summed E-state index contributed by atoms with van der Waals surface area (Å²) in [4.78, 5) is 30.0. The Kier molecular flexibility index (Phi) is 5.15. The minimum Gasteiger partial charge on any atom is -0.339 e. The molecule has 0 spiro atoms. The van der Waals surface area contributed by atoms with Crippen molar-refractivity contribution in [2.75, 3.05) is 19.7 Å². The Morgan fingerprint density at radius 1 is 1.31 bits per heavy atom. The van der Waals surface area contributed by atoms with Crippen molar-refractivity contribution < 1.29 is 23.7 Å². The second-order valence-electron chi connectivity index (χ2n) is 3.57. The highest BCUT2D eigenvalue weighted by Crippen LogP contribution is 2.35. The summed E-state index contributed by atoms with van der Waals surface area (Å²) in [5, 5.41) is 0. The molecule has 1 aliphatic heterocycles. The first-order valence-corrected chi connectivity index (χ1v) is 6.67. The van der Waals surface area contributed by atoms with Crippen LogP contribution < -0.4 is 0 Å². The molecule has 1 fully saturated rings. The van der Waals surface area contributed by atoms with Gasteiger partial charge in [-0.1, -0.05) is 6.08 Å². The number of hydrogen-bond donors (Lipinski definition) is 2. The van der Waals surface area contributed by atoms with Crippen molar-refractivity contribution in [3.8, 4) is 0 Å². The molecule has 2 N–H and O–H groups in total. The van der Waals surface area contributed by atoms with E-state index in [1.54, 1.807) is 4.90 Å². The molecular weight excluding hydrogens is 233 g/mol. The fourth-order valence-electron chi connectivity index (χ4n) is 1.51. The number of rotatable bonds is 4. The fraction of sp³-hybridized carbons (Fsp3) is 0.667. The molecule has 7 heteroatoms. The molecule has 0 aromatic heterocycles. The molecule has 16 heavy (non-hydrogen) atoms. The lowest BCUT2D eigenvalue weighted by molar-refractivity contribution is -0.126. The summed E-state index contributed by atoms with van der Waals surface area (Å²) in [5.74, 6) is -0.131. The number of carbonyl (C=O) groups is 1. The number of piperidine rings is 1.